The Bertz CT molecular complexity index is 479. The first kappa shape index (κ1) is 15.7. The zero-order valence-electron chi connectivity index (χ0n) is 11.4. The van der Waals surface area contributed by atoms with E-state index in [4.69, 9.17) is 11.8 Å². The number of para-hydroxylation sites is 1. The van der Waals surface area contributed by atoms with Crippen LogP contribution in [0.2, 0.25) is 0 Å². The molecule has 0 saturated carbocycles. The zero-order chi connectivity index (χ0) is 14.6. The second-order valence-corrected chi connectivity index (χ2v) is 4.97. The Morgan fingerprint density at radius 1 is 1.21 bits per heavy atom. The minimum absolute atomic E-state index is 0.429. The zero-order valence-corrected chi connectivity index (χ0v) is 12.2. The first-order valence-corrected chi connectivity index (χ1v) is 6.60. The average Bonchev–Trinajstić information content (AvgIpc) is 2.36. The minimum atomic E-state index is -1.35. The van der Waals surface area contributed by atoms with E-state index >= 15 is 0 Å². The number of aliphatic carboxylic acids is 1. The van der Waals surface area contributed by atoms with E-state index in [1.807, 2.05) is 32.0 Å². The van der Waals surface area contributed by atoms with Crippen LogP contribution < -0.4 is 9.11 Å². The van der Waals surface area contributed by atoms with E-state index in [0.29, 0.717) is 18.5 Å². The normalized spacial score (nSPS) is 13.9. The molecule has 0 aliphatic carbocycles. The number of carboxylic acids is 1. The van der Waals surface area contributed by atoms with Crippen molar-refractivity contribution in [2.45, 2.75) is 33.6 Å². The summed E-state index contributed by atoms with van der Waals surface area (Å²) < 4.78 is -0.768. The topological polar surface area (TPSA) is 57.2 Å². The predicted octanol–water partition coefficient (Wildman–Crippen LogP) is 1.57. The molecule has 0 radical (unpaired) electrons. The van der Waals surface area contributed by atoms with Gasteiger partial charge in [0, 0.05) is 11.1 Å². The Morgan fingerprint density at radius 3 is 2.00 bits per heavy atom. The Kier molecular flexibility index (Phi) is 5.09. The third kappa shape index (κ3) is 3.14. The van der Waals surface area contributed by atoms with Gasteiger partial charge in [-0.1, -0.05) is 32.0 Å². The highest BCUT2D eigenvalue weighted by atomic mass is 35.5. The molecule has 0 heterocycles. The van der Waals surface area contributed by atoms with Crippen LogP contribution >= 0.6 is 11.8 Å². The van der Waals surface area contributed by atoms with E-state index in [-0.39, 0.29) is 0 Å². The molecule has 0 N–H and O–H groups in total. The Labute approximate surface area is 118 Å². The summed E-state index contributed by atoms with van der Waals surface area (Å²) in [5, 5.41) is 10.9. The summed E-state index contributed by atoms with van der Waals surface area (Å²) in [6.45, 7) is 4.61. The molecule has 0 bridgehead atoms. The number of nitrogens with zero attached hydrogens (tertiary/aromatic N) is 1. The summed E-state index contributed by atoms with van der Waals surface area (Å²) in [6.07, 6.45) is 1.35. The van der Waals surface area contributed by atoms with E-state index < -0.39 is 22.4 Å². The minimum Gasteiger partial charge on any atom is -0.544 e. The third-order valence-electron chi connectivity index (χ3n) is 3.17. The monoisotopic (exact) mass is 283 g/mol. The van der Waals surface area contributed by atoms with Gasteiger partial charge in [-0.25, -0.2) is 4.79 Å². The first-order valence-electron chi connectivity index (χ1n) is 6.26. The van der Waals surface area contributed by atoms with Gasteiger partial charge in [0.1, 0.15) is 6.54 Å². The van der Waals surface area contributed by atoms with Gasteiger partial charge in [-0.3, -0.25) is 0 Å². The summed E-state index contributed by atoms with van der Waals surface area (Å²) in [6, 6.07) is 5.62. The second-order valence-electron chi connectivity index (χ2n) is 4.40. The number of benzene rings is 1. The van der Waals surface area contributed by atoms with Crippen molar-refractivity contribution in [3.05, 3.63) is 29.3 Å². The van der Waals surface area contributed by atoms with E-state index in [1.165, 1.54) is 6.92 Å². The van der Waals surface area contributed by atoms with Gasteiger partial charge in [0.15, 0.2) is 17.5 Å². The van der Waals surface area contributed by atoms with Gasteiger partial charge in [0.25, 0.3) is 0 Å². The molecule has 19 heavy (non-hydrogen) atoms. The van der Waals surface area contributed by atoms with E-state index in [1.54, 1.807) is 0 Å². The molecule has 4 nitrogen and oxygen atoms in total. The van der Waals surface area contributed by atoms with Crippen molar-refractivity contribution in [3.63, 3.8) is 0 Å². The van der Waals surface area contributed by atoms with Gasteiger partial charge in [-0.05, 0) is 12.8 Å². The molecule has 104 valence electrons. The highest BCUT2D eigenvalue weighted by Gasteiger charge is 2.39. The third-order valence-corrected chi connectivity index (χ3v) is 3.69. The molecule has 0 aromatic heterocycles. The number of carbonyl (C=O) groups is 2. The van der Waals surface area contributed by atoms with Gasteiger partial charge < -0.3 is 9.90 Å². The molecule has 1 rings (SSSR count). The number of halogens is 1. The van der Waals surface area contributed by atoms with Crippen LogP contribution in [0.25, 0.3) is 0 Å². The van der Waals surface area contributed by atoms with Crippen LogP contribution in [0.5, 0.6) is 0 Å². The van der Waals surface area contributed by atoms with Crippen molar-refractivity contribution in [3.8, 4) is 0 Å². The first-order chi connectivity index (χ1) is 8.86. The Balaban J connectivity index is 3.53. The maximum atomic E-state index is 11.9. The fourth-order valence-electron chi connectivity index (χ4n) is 2.20. The lowest BCUT2D eigenvalue weighted by Gasteiger charge is -2.29. The largest absolute Gasteiger partial charge is 0.544 e. The Morgan fingerprint density at radius 2 is 1.68 bits per heavy atom. The van der Waals surface area contributed by atoms with Gasteiger partial charge >= 0.3 is 5.91 Å². The van der Waals surface area contributed by atoms with Gasteiger partial charge in [-0.15, -0.1) is 4.00 Å². The lowest BCUT2D eigenvalue weighted by Crippen LogP contribution is -2.52. The molecule has 1 aromatic carbocycles. The van der Waals surface area contributed by atoms with E-state index in [9.17, 15) is 14.7 Å². The van der Waals surface area contributed by atoms with Crippen LogP contribution in [0, 0.1) is 0 Å². The van der Waals surface area contributed by atoms with Crippen LogP contribution in [-0.2, 0) is 22.4 Å². The van der Waals surface area contributed by atoms with Crippen molar-refractivity contribution in [1.82, 2.24) is 4.00 Å². The summed E-state index contributed by atoms with van der Waals surface area (Å²) in [5.41, 5.74) is 2.34. The number of hydrogen-bond donors (Lipinski definition) is 0. The maximum Gasteiger partial charge on any atom is 0.333 e. The second kappa shape index (κ2) is 6.17. The van der Waals surface area contributed by atoms with Gasteiger partial charge in [-0.2, -0.15) is 0 Å². The molecule has 1 aromatic rings. The lowest BCUT2D eigenvalue weighted by atomic mass is 10.0. The molecule has 1 unspecified atom stereocenters. The number of amides is 1. The number of rotatable bonds is 5. The molecule has 0 fully saturated rings. The maximum absolute atomic E-state index is 11.9. The summed E-state index contributed by atoms with van der Waals surface area (Å²) in [5.74, 6) is -1.78. The highest BCUT2D eigenvalue weighted by Crippen LogP contribution is 2.35. The van der Waals surface area contributed by atoms with Crippen molar-refractivity contribution in [2.75, 3.05) is 6.54 Å². The highest BCUT2D eigenvalue weighted by molar-refractivity contribution is 6.32. The molecule has 5 heteroatoms. The molecule has 0 aliphatic rings. The number of carbonyl (C=O) groups excluding carboxylic acids is 2. The quantitative estimate of drug-likeness (QED) is 0.771. The smallest absolute Gasteiger partial charge is 0.333 e. The van der Waals surface area contributed by atoms with Crippen molar-refractivity contribution in [2.24, 2.45) is 0 Å². The molecule has 0 saturated heterocycles. The SMILES string of the molecule is CCc1cccc(CC)c1[N+](Cl)(CC(=O)[O-])C(C)=O. The van der Waals surface area contributed by atoms with Gasteiger partial charge in [0.2, 0.25) is 0 Å². The van der Waals surface area contributed by atoms with Crippen LogP contribution in [0.1, 0.15) is 31.9 Å². The fraction of sp³-hybridized carbons (Fsp3) is 0.429. The lowest BCUT2D eigenvalue weighted by molar-refractivity contribution is -0.305. The molecule has 0 aliphatic heterocycles. The van der Waals surface area contributed by atoms with Crippen molar-refractivity contribution < 1.29 is 14.7 Å². The van der Waals surface area contributed by atoms with E-state index in [0.717, 1.165) is 11.1 Å². The van der Waals surface area contributed by atoms with Crippen LogP contribution in [0.3, 0.4) is 0 Å². The van der Waals surface area contributed by atoms with Crippen molar-refractivity contribution >= 4 is 29.3 Å². The van der Waals surface area contributed by atoms with Crippen LogP contribution in [0.15, 0.2) is 18.2 Å². The molecule has 0 spiro atoms. The summed E-state index contributed by atoms with van der Waals surface area (Å²) >= 11 is 6.33. The number of carboxylic acid groups (broad SMARTS) is 1. The van der Waals surface area contributed by atoms with E-state index in [2.05, 4.69) is 0 Å². The number of hydrogen-bond acceptors (Lipinski definition) is 3. The summed E-state index contributed by atoms with van der Waals surface area (Å²) in [4.78, 5) is 22.8. The van der Waals surface area contributed by atoms with Crippen LogP contribution in [-0.4, -0.2) is 18.4 Å². The molecular formula is C14H18ClNO3. The molecular weight excluding hydrogens is 266 g/mol. The fourth-order valence-corrected chi connectivity index (χ4v) is 2.51. The number of quaternary nitrogens is 1. The Hall–Kier alpha value is -1.39. The molecule has 1 amide bonds. The van der Waals surface area contributed by atoms with Crippen LogP contribution in [0.4, 0.5) is 5.69 Å². The standard InChI is InChI=1S/C14H18ClNO3/c1-4-11-7-6-8-12(5-2)14(11)16(15,10(3)17)9-13(18)19/h6-8H,4-5,9H2,1-3H3. The molecule has 1 atom stereocenters. The van der Waals surface area contributed by atoms with Crippen molar-refractivity contribution in [1.29, 1.82) is 0 Å². The average molecular weight is 284 g/mol. The predicted molar refractivity (Wildman–Crippen MR) is 73.4 cm³/mol. The summed E-state index contributed by atoms with van der Waals surface area (Å²) in [7, 11) is 0. The van der Waals surface area contributed by atoms with Gasteiger partial charge in [0.05, 0.1) is 12.9 Å². The number of aryl methyl sites for hydroxylation is 2.